The van der Waals surface area contributed by atoms with Crippen LogP contribution in [0, 0.1) is 12.7 Å². The molecular weight excluding hydrogens is 409 g/mol. The van der Waals surface area contributed by atoms with E-state index in [4.69, 9.17) is 4.74 Å². The Morgan fingerprint density at radius 3 is 2.73 bits per heavy atom. The monoisotopic (exact) mass is 431 g/mol. The Bertz CT molecular complexity index is 1100. The van der Waals surface area contributed by atoms with Gasteiger partial charge in [0.2, 0.25) is 0 Å². The molecule has 0 fully saturated rings. The van der Waals surface area contributed by atoms with Crippen LogP contribution in [0.1, 0.15) is 24.3 Å². The molecule has 0 bridgehead atoms. The van der Waals surface area contributed by atoms with E-state index in [1.54, 1.807) is 51.4 Å². The molecule has 10 heteroatoms. The van der Waals surface area contributed by atoms with E-state index in [1.165, 1.54) is 23.1 Å². The number of carbonyl (C=O) groups excluding carboxylic acids is 1. The topological polar surface area (TPSA) is 98.1 Å². The molecule has 158 valence electrons. The Labute approximate surface area is 176 Å². The first-order valence-electron chi connectivity index (χ1n) is 9.07. The van der Waals surface area contributed by atoms with Crippen molar-refractivity contribution in [1.29, 1.82) is 0 Å². The van der Waals surface area contributed by atoms with Crippen LogP contribution in [0.5, 0.6) is 0 Å². The number of carbonyl (C=O) groups is 1. The highest BCUT2D eigenvalue weighted by atomic mass is 32.2. The van der Waals surface area contributed by atoms with Crippen LogP contribution >= 0.6 is 0 Å². The quantitative estimate of drug-likeness (QED) is 0.616. The number of benzene rings is 1. The van der Waals surface area contributed by atoms with Gasteiger partial charge in [0.15, 0.2) is 0 Å². The molecule has 1 aromatic carbocycles. The van der Waals surface area contributed by atoms with Gasteiger partial charge < -0.3 is 9.46 Å². The molecule has 0 aliphatic heterocycles. The molecule has 0 spiro atoms. The lowest BCUT2D eigenvalue weighted by Gasteiger charge is -2.15. The Balaban J connectivity index is 1.78. The van der Waals surface area contributed by atoms with Crippen LogP contribution in [-0.2, 0) is 22.8 Å². The van der Waals surface area contributed by atoms with Crippen LogP contribution in [0.25, 0.3) is 11.3 Å². The minimum Gasteiger partial charge on any atom is -0.441 e. The lowest BCUT2D eigenvalue weighted by atomic mass is 10.1. The molecule has 2 aromatic heterocycles. The number of anilines is 2. The molecule has 3 rings (SSSR count). The Hall–Kier alpha value is -3.27. The molecule has 0 saturated heterocycles. The molecule has 2 unspecified atom stereocenters. The molecule has 1 amide bonds. The van der Waals surface area contributed by atoms with Crippen molar-refractivity contribution in [3.05, 3.63) is 59.7 Å². The van der Waals surface area contributed by atoms with E-state index in [2.05, 4.69) is 20.1 Å². The third-order valence-electron chi connectivity index (χ3n) is 4.38. The molecule has 3 aromatic rings. The number of aromatic nitrogens is 3. The summed E-state index contributed by atoms with van der Waals surface area (Å²) in [7, 11) is 0.466. The summed E-state index contributed by atoms with van der Waals surface area (Å²) in [5.74, 6) is 0.00156. The van der Waals surface area contributed by atoms with Gasteiger partial charge in [-0.1, -0.05) is 12.1 Å². The van der Waals surface area contributed by atoms with Gasteiger partial charge in [-0.2, -0.15) is 5.10 Å². The normalized spacial score (nSPS) is 12.8. The summed E-state index contributed by atoms with van der Waals surface area (Å²) in [6.45, 7) is 3.45. The third kappa shape index (κ3) is 5.01. The predicted molar refractivity (Wildman–Crippen MR) is 114 cm³/mol. The van der Waals surface area contributed by atoms with E-state index in [-0.39, 0.29) is 0 Å². The Kier molecular flexibility index (Phi) is 6.46. The van der Waals surface area contributed by atoms with E-state index in [0.717, 1.165) is 0 Å². The molecule has 0 radical (unpaired) electrons. The van der Waals surface area contributed by atoms with Crippen molar-refractivity contribution in [2.45, 2.75) is 20.0 Å². The van der Waals surface area contributed by atoms with Crippen LogP contribution in [0.15, 0.2) is 42.6 Å². The number of aryl methyl sites for hydroxylation is 2. The number of ether oxygens (including phenoxy) is 1. The van der Waals surface area contributed by atoms with Gasteiger partial charge in [-0.05, 0) is 43.7 Å². The van der Waals surface area contributed by atoms with Crippen molar-refractivity contribution in [2.75, 3.05) is 16.3 Å². The number of hydrogen-bond donors (Lipinski definition) is 2. The maximum absolute atomic E-state index is 13.4. The van der Waals surface area contributed by atoms with Crippen LogP contribution in [0.4, 0.5) is 20.7 Å². The van der Waals surface area contributed by atoms with Crippen LogP contribution in [-0.4, -0.2) is 31.3 Å². The summed E-state index contributed by atoms with van der Waals surface area (Å²) in [5, 5.41) is 6.87. The van der Waals surface area contributed by atoms with Gasteiger partial charge >= 0.3 is 6.09 Å². The third-order valence-corrected chi connectivity index (χ3v) is 4.88. The number of rotatable bonds is 6. The summed E-state index contributed by atoms with van der Waals surface area (Å²) in [4.78, 5) is 16.9. The summed E-state index contributed by atoms with van der Waals surface area (Å²) < 4.78 is 34.5. The minimum atomic E-state index is -1.21. The van der Waals surface area contributed by atoms with Crippen molar-refractivity contribution >= 4 is 28.6 Å². The Morgan fingerprint density at radius 1 is 1.30 bits per heavy atom. The number of hydrogen-bond acceptors (Lipinski definition) is 5. The second-order valence-corrected chi connectivity index (χ2v) is 7.76. The van der Waals surface area contributed by atoms with Crippen molar-refractivity contribution in [2.24, 2.45) is 7.05 Å². The standard InChI is InChI=1S/C20H22FN5O3S/c1-12-17(25-30(4)28)8-9-18(23-12)16-11-22-26(3)19(16)24-20(27)29-13(2)14-6-5-7-15(21)10-14/h5-11,13,25H,1-4H3,(H,24,27). The van der Waals surface area contributed by atoms with Gasteiger partial charge in [0.1, 0.15) is 28.7 Å². The van der Waals surface area contributed by atoms with Crippen LogP contribution in [0.2, 0.25) is 0 Å². The van der Waals surface area contributed by atoms with E-state index in [1.807, 2.05) is 0 Å². The molecule has 0 aliphatic carbocycles. The smallest absolute Gasteiger partial charge is 0.413 e. The first kappa shape index (κ1) is 21.4. The van der Waals surface area contributed by atoms with Crippen LogP contribution in [0.3, 0.4) is 0 Å². The average Bonchev–Trinajstić information content (AvgIpc) is 3.03. The zero-order valence-electron chi connectivity index (χ0n) is 17.0. The van der Waals surface area contributed by atoms with Crippen LogP contribution < -0.4 is 10.0 Å². The van der Waals surface area contributed by atoms with E-state index >= 15 is 0 Å². The second-order valence-electron chi connectivity index (χ2n) is 6.64. The van der Waals surface area contributed by atoms with Crippen molar-refractivity contribution < 1.29 is 18.1 Å². The van der Waals surface area contributed by atoms with Gasteiger partial charge in [0, 0.05) is 13.3 Å². The number of nitrogens with one attached hydrogen (secondary N) is 2. The lowest BCUT2D eigenvalue weighted by molar-refractivity contribution is 0.121. The van der Waals surface area contributed by atoms with Gasteiger partial charge in [-0.15, -0.1) is 0 Å². The minimum absolute atomic E-state index is 0.399. The molecule has 2 heterocycles. The molecule has 2 atom stereocenters. The fourth-order valence-electron chi connectivity index (χ4n) is 2.86. The number of pyridine rings is 1. The average molecular weight is 431 g/mol. The highest BCUT2D eigenvalue weighted by molar-refractivity contribution is 7.85. The molecule has 8 nitrogen and oxygen atoms in total. The largest absolute Gasteiger partial charge is 0.441 e. The van der Waals surface area contributed by atoms with Gasteiger partial charge in [-0.25, -0.2) is 13.4 Å². The van der Waals surface area contributed by atoms with E-state index < -0.39 is 29.0 Å². The van der Waals surface area contributed by atoms with E-state index in [9.17, 15) is 13.4 Å². The summed E-state index contributed by atoms with van der Waals surface area (Å²) >= 11 is 0. The number of halogens is 1. The molecular formula is C20H22FN5O3S. The summed E-state index contributed by atoms with van der Waals surface area (Å²) in [6.07, 6.45) is 1.77. The fourth-order valence-corrected chi connectivity index (χ4v) is 3.39. The Morgan fingerprint density at radius 2 is 2.07 bits per heavy atom. The van der Waals surface area contributed by atoms with E-state index in [0.29, 0.717) is 34.0 Å². The van der Waals surface area contributed by atoms with Crippen molar-refractivity contribution in [3.63, 3.8) is 0 Å². The SMILES string of the molecule is Cc1nc(-c2cnn(C)c2NC(=O)OC(C)c2cccc(F)c2)ccc1NS(C)=O. The zero-order chi connectivity index (χ0) is 21.8. The summed E-state index contributed by atoms with van der Waals surface area (Å²) in [5.41, 5.74) is 3.03. The second kappa shape index (κ2) is 9.04. The van der Waals surface area contributed by atoms with Gasteiger partial charge in [0.25, 0.3) is 0 Å². The zero-order valence-corrected chi connectivity index (χ0v) is 17.8. The molecule has 0 aliphatic rings. The predicted octanol–water partition coefficient (Wildman–Crippen LogP) is 3.94. The number of nitrogens with zero attached hydrogens (tertiary/aromatic N) is 3. The molecule has 30 heavy (non-hydrogen) atoms. The van der Waals surface area contributed by atoms with Gasteiger partial charge in [-0.3, -0.25) is 15.0 Å². The maximum atomic E-state index is 13.4. The van der Waals surface area contributed by atoms with Gasteiger partial charge in [0.05, 0.1) is 28.8 Å². The first-order chi connectivity index (χ1) is 14.2. The first-order valence-corrected chi connectivity index (χ1v) is 10.6. The summed E-state index contributed by atoms with van der Waals surface area (Å²) in [6, 6.07) is 9.39. The maximum Gasteiger partial charge on any atom is 0.413 e. The highest BCUT2D eigenvalue weighted by Crippen LogP contribution is 2.28. The highest BCUT2D eigenvalue weighted by Gasteiger charge is 2.18. The van der Waals surface area contributed by atoms with Crippen molar-refractivity contribution in [1.82, 2.24) is 14.8 Å². The molecule has 0 saturated carbocycles. The molecule has 2 N–H and O–H groups in total. The number of amides is 1. The lowest BCUT2D eigenvalue weighted by Crippen LogP contribution is -2.18. The van der Waals surface area contributed by atoms with Crippen molar-refractivity contribution in [3.8, 4) is 11.3 Å². The fraction of sp³-hybridized carbons (Fsp3) is 0.250.